The summed E-state index contributed by atoms with van der Waals surface area (Å²) in [7, 11) is 1.83. The maximum absolute atomic E-state index is 12.5. The molecule has 1 saturated heterocycles. The fraction of sp³-hybridized carbons (Fsp3) is 0.556. The van der Waals surface area contributed by atoms with Crippen LogP contribution < -0.4 is 5.32 Å². The van der Waals surface area contributed by atoms with Crippen molar-refractivity contribution in [3.63, 3.8) is 0 Å². The Labute approximate surface area is 148 Å². The fourth-order valence-electron chi connectivity index (χ4n) is 3.09. The minimum absolute atomic E-state index is 0.163. The second-order valence-corrected chi connectivity index (χ2v) is 7.12. The number of halogens is 1. The summed E-state index contributed by atoms with van der Waals surface area (Å²) in [6.45, 7) is 5.36. The lowest BCUT2D eigenvalue weighted by atomic mass is 10.1. The summed E-state index contributed by atoms with van der Waals surface area (Å²) in [4.78, 5) is 21.0. The molecule has 0 radical (unpaired) electrons. The van der Waals surface area contributed by atoms with Crippen LogP contribution in [0, 0.1) is 5.92 Å². The molecule has 0 aromatic heterocycles. The van der Waals surface area contributed by atoms with Gasteiger partial charge >= 0.3 is 0 Å². The van der Waals surface area contributed by atoms with E-state index in [0.29, 0.717) is 17.5 Å². The Bertz CT molecular complexity index is 625. The monoisotopic (exact) mass is 348 g/mol. The highest BCUT2D eigenvalue weighted by Crippen LogP contribution is 2.29. The topological polar surface area (TPSA) is 47.9 Å². The molecule has 0 spiro atoms. The number of hydrogen-bond donors (Lipinski definition) is 1. The number of nitrogens with one attached hydrogen (secondary N) is 1. The molecule has 1 saturated carbocycles. The second kappa shape index (κ2) is 7.43. The van der Waals surface area contributed by atoms with Crippen LogP contribution in [0.15, 0.2) is 29.3 Å². The predicted octanol–water partition coefficient (Wildman–Crippen LogP) is 2.01. The summed E-state index contributed by atoms with van der Waals surface area (Å²) in [5, 5.41) is 4.18. The van der Waals surface area contributed by atoms with E-state index in [4.69, 9.17) is 11.6 Å². The lowest BCUT2D eigenvalue weighted by Gasteiger charge is -2.36. The van der Waals surface area contributed by atoms with Crippen LogP contribution in [-0.2, 0) is 11.2 Å². The number of guanidine groups is 1. The molecule has 24 heavy (non-hydrogen) atoms. The number of nitrogens with zero attached hydrogens (tertiary/aromatic N) is 3. The van der Waals surface area contributed by atoms with Crippen LogP contribution in [0.1, 0.15) is 18.9 Å². The van der Waals surface area contributed by atoms with Gasteiger partial charge in [-0.2, -0.15) is 0 Å². The van der Waals surface area contributed by atoms with Crippen LogP contribution in [0.3, 0.4) is 0 Å². The van der Waals surface area contributed by atoms with E-state index >= 15 is 0 Å². The smallest absolute Gasteiger partial charge is 0.227 e. The van der Waals surface area contributed by atoms with Crippen LogP contribution in [-0.4, -0.2) is 60.9 Å². The van der Waals surface area contributed by atoms with Gasteiger partial charge in [0.25, 0.3) is 0 Å². The standard InChI is InChI=1S/C18H25ClN4O/c1-13-10-16(13)21-18(20-2)23-8-6-22(7-9-23)17(24)12-14-4-3-5-15(19)11-14/h3-5,11,13,16H,6-10,12H2,1-2H3,(H,20,21). The first-order chi connectivity index (χ1) is 11.6. The second-order valence-electron chi connectivity index (χ2n) is 6.69. The van der Waals surface area contributed by atoms with Gasteiger partial charge < -0.3 is 15.1 Å². The van der Waals surface area contributed by atoms with Gasteiger partial charge in [-0.05, 0) is 30.0 Å². The number of hydrogen-bond acceptors (Lipinski definition) is 2. The Morgan fingerprint density at radius 3 is 2.54 bits per heavy atom. The van der Waals surface area contributed by atoms with Crippen LogP contribution in [0.25, 0.3) is 0 Å². The first-order valence-electron chi connectivity index (χ1n) is 8.57. The molecule has 1 aliphatic heterocycles. The number of carbonyl (C=O) groups is 1. The summed E-state index contributed by atoms with van der Waals surface area (Å²) in [6, 6.07) is 8.08. The Morgan fingerprint density at radius 1 is 1.29 bits per heavy atom. The summed E-state index contributed by atoms with van der Waals surface area (Å²) >= 11 is 5.99. The molecule has 1 heterocycles. The number of benzene rings is 1. The molecule has 2 atom stereocenters. The van der Waals surface area contributed by atoms with E-state index in [1.165, 1.54) is 6.42 Å². The Hall–Kier alpha value is -1.75. The maximum atomic E-state index is 12.5. The van der Waals surface area contributed by atoms with Gasteiger partial charge in [0, 0.05) is 44.3 Å². The highest BCUT2D eigenvalue weighted by Gasteiger charge is 2.34. The molecule has 1 amide bonds. The third kappa shape index (κ3) is 4.20. The van der Waals surface area contributed by atoms with Crippen molar-refractivity contribution in [2.45, 2.75) is 25.8 Å². The molecule has 5 nitrogen and oxygen atoms in total. The highest BCUT2D eigenvalue weighted by molar-refractivity contribution is 6.30. The Balaban J connectivity index is 1.50. The van der Waals surface area contributed by atoms with Gasteiger partial charge in [0.1, 0.15) is 0 Å². The van der Waals surface area contributed by atoms with Gasteiger partial charge in [-0.15, -0.1) is 0 Å². The van der Waals surface area contributed by atoms with E-state index in [1.807, 2.05) is 36.2 Å². The molecule has 0 bridgehead atoms. The molecule has 3 rings (SSSR count). The number of carbonyl (C=O) groups excluding carboxylic acids is 1. The first-order valence-corrected chi connectivity index (χ1v) is 8.95. The fourth-order valence-corrected chi connectivity index (χ4v) is 3.30. The van der Waals surface area contributed by atoms with Crippen molar-refractivity contribution in [3.8, 4) is 0 Å². The number of piperazine rings is 1. The average molecular weight is 349 g/mol. The van der Waals surface area contributed by atoms with Crippen molar-refractivity contribution in [3.05, 3.63) is 34.9 Å². The Kier molecular flexibility index (Phi) is 5.29. The molecule has 2 fully saturated rings. The summed E-state index contributed by atoms with van der Waals surface area (Å²) < 4.78 is 0. The van der Waals surface area contributed by atoms with Gasteiger partial charge in [0.05, 0.1) is 6.42 Å². The molecular formula is C18H25ClN4O. The molecule has 2 unspecified atom stereocenters. The molecule has 1 aliphatic carbocycles. The molecule has 2 aliphatic rings. The predicted molar refractivity (Wildman–Crippen MR) is 97.4 cm³/mol. The van der Waals surface area contributed by atoms with Crippen molar-refractivity contribution in [2.24, 2.45) is 10.9 Å². The lowest BCUT2D eigenvalue weighted by Crippen LogP contribution is -2.54. The number of rotatable bonds is 3. The molecule has 1 aromatic rings. The van der Waals surface area contributed by atoms with Crippen LogP contribution in [0.5, 0.6) is 0 Å². The van der Waals surface area contributed by atoms with Gasteiger partial charge in [-0.3, -0.25) is 9.79 Å². The maximum Gasteiger partial charge on any atom is 0.227 e. The van der Waals surface area contributed by atoms with Crippen molar-refractivity contribution in [2.75, 3.05) is 33.2 Å². The molecule has 1 N–H and O–H groups in total. The zero-order chi connectivity index (χ0) is 17.1. The zero-order valence-corrected chi connectivity index (χ0v) is 15.1. The van der Waals surface area contributed by atoms with Gasteiger partial charge in [0.2, 0.25) is 5.91 Å². The third-order valence-corrected chi connectivity index (χ3v) is 5.05. The summed E-state index contributed by atoms with van der Waals surface area (Å²) in [5.74, 6) is 1.87. The minimum atomic E-state index is 0.163. The molecule has 1 aromatic carbocycles. The number of amides is 1. The van der Waals surface area contributed by atoms with Gasteiger partial charge in [-0.1, -0.05) is 30.7 Å². The first kappa shape index (κ1) is 17.1. The van der Waals surface area contributed by atoms with E-state index in [2.05, 4.69) is 22.1 Å². The van der Waals surface area contributed by atoms with Crippen molar-refractivity contribution in [1.82, 2.24) is 15.1 Å². The van der Waals surface area contributed by atoms with E-state index in [1.54, 1.807) is 0 Å². The molecule has 130 valence electrons. The highest BCUT2D eigenvalue weighted by atomic mass is 35.5. The summed E-state index contributed by atoms with van der Waals surface area (Å²) in [6.07, 6.45) is 1.63. The normalized spacial score (nSPS) is 24.0. The van der Waals surface area contributed by atoms with Crippen LogP contribution in [0.2, 0.25) is 5.02 Å². The SMILES string of the molecule is CN=C(NC1CC1C)N1CCN(C(=O)Cc2cccc(Cl)c2)CC1. The average Bonchev–Trinajstić information content (AvgIpc) is 3.28. The Morgan fingerprint density at radius 2 is 1.96 bits per heavy atom. The van der Waals surface area contributed by atoms with E-state index < -0.39 is 0 Å². The largest absolute Gasteiger partial charge is 0.353 e. The van der Waals surface area contributed by atoms with Gasteiger partial charge in [0.15, 0.2) is 5.96 Å². The quantitative estimate of drug-likeness (QED) is 0.671. The molecular weight excluding hydrogens is 324 g/mol. The van der Waals surface area contributed by atoms with Crippen molar-refractivity contribution in [1.29, 1.82) is 0 Å². The number of aliphatic imine (C=N–C) groups is 1. The van der Waals surface area contributed by atoms with Crippen LogP contribution >= 0.6 is 11.6 Å². The van der Waals surface area contributed by atoms with Crippen molar-refractivity contribution < 1.29 is 4.79 Å². The summed E-state index contributed by atoms with van der Waals surface area (Å²) in [5.41, 5.74) is 0.968. The van der Waals surface area contributed by atoms with E-state index in [0.717, 1.165) is 43.6 Å². The molecule has 6 heteroatoms. The lowest BCUT2D eigenvalue weighted by molar-refractivity contribution is -0.131. The zero-order valence-electron chi connectivity index (χ0n) is 14.3. The van der Waals surface area contributed by atoms with E-state index in [-0.39, 0.29) is 5.91 Å². The van der Waals surface area contributed by atoms with Crippen molar-refractivity contribution >= 4 is 23.5 Å². The van der Waals surface area contributed by atoms with E-state index in [9.17, 15) is 4.79 Å². The third-order valence-electron chi connectivity index (χ3n) is 4.81. The minimum Gasteiger partial charge on any atom is -0.353 e. The van der Waals surface area contributed by atoms with Gasteiger partial charge in [-0.25, -0.2) is 0 Å². The van der Waals surface area contributed by atoms with Crippen LogP contribution in [0.4, 0.5) is 0 Å².